The van der Waals surface area contributed by atoms with Gasteiger partial charge < -0.3 is 15.3 Å². The molecule has 0 aliphatic heterocycles. The van der Waals surface area contributed by atoms with Gasteiger partial charge >= 0.3 is 0 Å². The molecule has 4 heterocycles. The summed E-state index contributed by atoms with van der Waals surface area (Å²) in [7, 11) is 0. The van der Waals surface area contributed by atoms with E-state index in [4.69, 9.17) is 11.6 Å². The molecule has 7 aromatic rings. The zero-order chi connectivity index (χ0) is 23.6. The molecule has 7 rings (SSSR count). The standard InChI is InChI=1S/C17H14N4.C10H6ClN3.ClH/c1-2-6-12(7-3-1)10-18-17-16-15(19-11-20-17)13-8-4-5-9-14(13)21-16;11-10-9-8(12-5-13-10)6-3-1-2-4-7(6)14-9;/h1-9,11,21H,10H2,(H,18,19,20);1-5,14H;1H. The maximum atomic E-state index is 5.95. The number of nitrogens with zero attached hydrogens (tertiary/aromatic N) is 4. The molecule has 0 aliphatic rings. The number of halogens is 2. The van der Waals surface area contributed by atoms with Crippen LogP contribution in [0, 0.1) is 0 Å². The van der Waals surface area contributed by atoms with Crippen molar-refractivity contribution in [3.05, 3.63) is 102 Å². The Kier molecular flexibility index (Phi) is 6.66. The van der Waals surface area contributed by atoms with Crippen molar-refractivity contribution in [2.75, 3.05) is 5.32 Å². The Morgan fingerprint density at radius 1 is 0.639 bits per heavy atom. The lowest BCUT2D eigenvalue weighted by Crippen LogP contribution is -2.02. The Morgan fingerprint density at radius 3 is 1.89 bits per heavy atom. The van der Waals surface area contributed by atoms with E-state index in [1.54, 1.807) is 6.33 Å². The molecule has 0 radical (unpaired) electrons. The van der Waals surface area contributed by atoms with E-state index in [1.807, 2.05) is 54.6 Å². The minimum atomic E-state index is 0. The molecule has 0 saturated carbocycles. The summed E-state index contributed by atoms with van der Waals surface area (Å²) in [5.41, 5.74) is 6.92. The number of hydrogen-bond acceptors (Lipinski definition) is 5. The van der Waals surface area contributed by atoms with E-state index in [2.05, 4.69) is 59.5 Å². The van der Waals surface area contributed by atoms with Gasteiger partial charge in [-0.25, -0.2) is 19.9 Å². The average molecular weight is 514 g/mol. The highest BCUT2D eigenvalue weighted by atomic mass is 35.5. The number of aromatic nitrogens is 6. The summed E-state index contributed by atoms with van der Waals surface area (Å²) in [6.07, 6.45) is 3.08. The van der Waals surface area contributed by atoms with Gasteiger partial charge in [0, 0.05) is 28.4 Å². The number of hydrogen-bond donors (Lipinski definition) is 3. The molecule has 4 aromatic heterocycles. The van der Waals surface area contributed by atoms with Crippen molar-refractivity contribution in [2.45, 2.75) is 6.54 Å². The van der Waals surface area contributed by atoms with Crippen molar-refractivity contribution < 1.29 is 0 Å². The number of aromatic amines is 2. The Labute approximate surface area is 217 Å². The van der Waals surface area contributed by atoms with Crippen LogP contribution in [0.1, 0.15) is 5.56 Å². The molecule has 0 bridgehead atoms. The lowest BCUT2D eigenvalue weighted by Gasteiger charge is -2.06. The van der Waals surface area contributed by atoms with Crippen LogP contribution in [0.2, 0.25) is 5.15 Å². The van der Waals surface area contributed by atoms with Gasteiger partial charge in [0.25, 0.3) is 0 Å². The molecule has 0 atom stereocenters. The minimum absolute atomic E-state index is 0. The van der Waals surface area contributed by atoms with Gasteiger partial charge in [-0.3, -0.25) is 0 Å². The highest BCUT2D eigenvalue weighted by Gasteiger charge is 2.10. The van der Waals surface area contributed by atoms with Crippen molar-refractivity contribution in [3.63, 3.8) is 0 Å². The van der Waals surface area contributed by atoms with E-state index in [-0.39, 0.29) is 12.4 Å². The lowest BCUT2D eigenvalue weighted by atomic mass is 10.2. The minimum Gasteiger partial charge on any atom is -0.364 e. The Balaban J connectivity index is 0.000000155. The molecule has 7 nitrogen and oxygen atoms in total. The van der Waals surface area contributed by atoms with E-state index in [9.17, 15) is 0 Å². The molecule has 0 fully saturated rings. The zero-order valence-electron chi connectivity index (χ0n) is 18.9. The summed E-state index contributed by atoms with van der Waals surface area (Å²) in [5, 5.41) is 6.05. The van der Waals surface area contributed by atoms with Crippen LogP contribution in [0.3, 0.4) is 0 Å². The van der Waals surface area contributed by atoms with Crippen LogP contribution < -0.4 is 5.32 Å². The number of benzene rings is 3. The van der Waals surface area contributed by atoms with Crippen LogP contribution in [-0.2, 0) is 6.54 Å². The lowest BCUT2D eigenvalue weighted by molar-refractivity contribution is 1.10. The molecule has 0 unspecified atom stereocenters. The highest BCUT2D eigenvalue weighted by Crippen LogP contribution is 2.27. The number of rotatable bonds is 3. The topological polar surface area (TPSA) is 95.2 Å². The molecule has 0 amide bonds. The first-order chi connectivity index (χ1) is 17.3. The first-order valence-corrected chi connectivity index (χ1v) is 11.5. The molecule has 178 valence electrons. The molecule has 3 N–H and O–H groups in total. The first kappa shape index (κ1) is 23.5. The summed E-state index contributed by atoms with van der Waals surface area (Å²) < 4.78 is 0. The Bertz CT molecular complexity index is 1780. The monoisotopic (exact) mass is 513 g/mol. The summed E-state index contributed by atoms with van der Waals surface area (Å²) >= 11 is 5.95. The molecular weight excluding hydrogens is 493 g/mol. The fourth-order valence-corrected chi connectivity index (χ4v) is 4.35. The van der Waals surface area contributed by atoms with Crippen LogP contribution >= 0.6 is 24.0 Å². The largest absolute Gasteiger partial charge is 0.364 e. The van der Waals surface area contributed by atoms with Crippen LogP contribution in [0.15, 0.2) is 91.5 Å². The summed E-state index contributed by atoms with van der Waals surface area (Å²) in [4.78, 5) is 23.5. The number of para-hydroxylation sites is 2. The third kappa shape index (κ3) is 4.42. The third-order valence-electron chi connectivity index (χ3n) is 5.83. The first-order valence-electron chi connectivity index (χ1n) is 11.1. The van der Waals surface area contributed by atoms with Crippen molar-refractivity contribution in [1.29, 1.82) is 0 Å². The second kappa shape index (κ2) is 10.2. The van der Waals surface area contributed by atoms with Gasteiger partial charge in [-0.15, -0.1) is 12.4 Å². The molecule has 3 aromatic carbocycles. The predicted octanol–water partition coefficient (Wildman–Crippen LogP) is 6.91. The quantitative estimate of drug-likeness (QED) is 0.223. The third-order valence-corrected chi connectivity index (χ3v) is 6.12. The normalized spacial score (nSPS) is 10.8. The molecule has 0 aliphatic carbocycles. The smallest absolute Gasteiger partial charge is 0.156 e. The number of H-pyrrole nitrogens is 2. The van der Waals surface area contributed by atoms with Crippen LogP contribution in [-0.4, -0.2) is 29.9 Å². The maximum absolute atomic E-state index is 5.95. The highest BCUT2D eigenvalue weighted by molar-refractivity contribution is 6.34. The number of nitrogens with one attached hydrogen (secondary N) is 3. The van der Waals surface area contributed by atoms with Crippen LogP contribution in [0.4, 0.5) is 5.82 Å². The van der Waals surface area contributed by atoms with E-state index in [1.165, 1.54) is 11.9 Å². The van der Waals surface area contributed by atoms with Gasteiger partial charge in [-0.05, 0) is 17.7 Å². The van der Waals surface area contributed by atoms with Gasteiger partial charge in [0.15, 0.2) is 11.0 Å². The summed E-state index contributed by atoms with van der Waals surface area (Å²) in [6.45, 7) is 0.738. The zero-order valence-corrected chi connectivity index (χ0v) is 20.5. The van der Waals surface area contributed by atoms with Crippen molar-refractivity contribution >= 4 is 73.7 Å². The predicted molar refractivity (Wildman–Crippen MR) is 149 cm³/mol. The Morgan fingerprint density at radius 2 is 1.19 bits per heavy atom. The van der Waals surface area contributed by atoms with Crippen LogP contribution in [0.5, 0.6) is 0 Å². The maximum Gasteiger partial charge on any atom is 0.156 e. The van der Waals surface area contributed by atoms with E-state index < -0.39 is 0 Å². The van der Waals surface area contributed by atoms with E-state index in [0.717, 1.165) is 56.2 Å². The molecule has 0 spiro atoms. The fourth-order valence-electron chi connectivity index (χ4n) is 4.17. The second-order valence-corrected chi connectivity index (χ2v) is 8.37. The molecule has 9 heteroatoms. The summed E-state index contributed by atoms with van der Waals surface area (Å²) in [6, 6.07) is 26.4. The number of fused-ring (bicyclic) bond motifs is 6. The van der Waals surface area contributed by atoms with Gasteiger partial charge in [0.1, 0.15) is 34.7 Å². The van der Waals surface area contributed by atoms with Crippen LogP contribution in [0.25, 0.3) is 43.9 Å². The van der Waals surface area contributed by atoms with Gasteiger partial charge in [-0.2, -0.15) is 0 Å². The number of anilines is 1. The van der Waals surface area contributed by atoms with Gasteiger partial charge in [-0.1, -0.05) is 78.3 Å². The van der Waals surface area contributed by atoms with E-state index >= 15 is 0 Å². The van der Waals surface area contributed by atoms with Crippen molar-refractivity contribution in [1.82, 2.24) is 29.9 Å². The fraction of sp³-hybridized carbons (Fsp3) is 0.0370. The van der Waals surface area contributed by atoms with Gasteiger partial charge in [0.2, 0.25) is 0 Å². The van der Waals surface area contributed by atoms with Gasteiger partial charge in [0.05, 0.1) is 0 Å². The average Bonchev–Trinajstić information content (AvgIpc) is 3.48. The van der Waals surface area contributed by atoms with Crippen molar-refractivity contribution in [3.8, 4) is 0 Å². The molecular formula is C27H21Cl2N7. The SMILES string of the molecule is Cl.Clc1ncnc2c1[nH]c1ccccc12.c1ccc(CNc2ncnc3c2[nH]c2ccccc23)cc1. The summed E-state index contributed by atoms with van der Waals surface area (Å²) in [5.74, 6) is 0.833. The van der Waals surface area contributed by atoms with E-state index in [0.29, 0.717) is 5.15 Å². The second-order valence-electron chi connectivity index (χ2n) is 8.01. The Hall–Kier alpha value is -4.20. The van der Waals surface area contributed by atoms with Crippen molar-refractivity contribution in [2.24, 2.45) is 0 Å². The molecule has 36 heavy (non-hydrogen) atoms. The molecule has 0 saturated heterocycles.